The number of carbonyl (C=O) groups is 2. The molecule has 5 rings (SSSR count). The summed E-state index contributed by atoms with van der Waals surface area (Å²) in [5.74, 6) is 0.843. The normalized spacial score (nSPS) is 17.5. The molecule has 2 aliphatic rings. The summed E-state index contributed by atoms with van der Waals surface area (Å²) in [4.78, 5) is 30.1. The van der Waals surface area contributed by atoms with Gasteiger partial charge in [-0.15, -0.1) is 0 Å². The van der Waals surface area contributed by atoms with E-state index in [9.17, 15) is 14.0 Å². The fourth-order valence-corrected chi connectivity index (χ4v) is 5.52. The van der Waals surface area contributed by atoms with Gasteiger partial charge in [0.15, 0.2) is 5.76 Å². The van der Waals surface area contributed by atoms with Crippen molar-refractivity contribution in [1.82, 2.24) is 15.1 Å². The second kappa shape index (κ2) is 11.8. The van der Waals surface area contributed by atoms with Gasteiger partial charge in [0.25, 0.3) is 5.91 Å². The fraction of sp³-hybridized carbons (Fsp3) is 0.438. The first-order valence-electron chi connectivity index (χ1n) is 14.1. The average molecular weight is 548 g/mol. The van der Waals surface area contributed by atoms with E-state index in [4.69, 9.17) is 9.15 Å². The second-order valence-corrected chi connectivity index (χ2v) is 11.7. The molecule has 3 aromatic rings. The molecule has 1 saturated heterocycles. The SMILES string of the molecule is CC(C)(C)C(=O)N1CCc2ccc(OCc3ccc(C(=O)NCCN4CCCC4)o3)cc2[C@H]1c1cccc(F)c1. The number of hydrogen-bond donors (Lipinski definition) is 1. The van der Waals surface area contributed by atoms with Crippen molar-refractivity contribution in [1.29, 1.82) is 0 Å². The topological polar surface area (TPSA) is 75.0 Å². The third kappa shape index (κ3) is 6.39. The van der Waals surface area contributed by atoms with Gasteiger partial charge in [0.05, 0.1) is 6.04 Å². The standard InChI is InChI=1S/C32H38FN3O4/c1-32(2,3)31(38)36-17-13-22-9-10-25(20-27(22)29(36)23-7-6-8-24(33)19-23)39-21-26-11-12-28(40-26)30(37)34-14-18-35-15-4-5-16-35/h6-12,19-20,29H,4-5,13-18,21H2,1-3H3,(H,34,37)/t29-/m1/s1. The van der Waals surface area contributed by atoms with E-state index in [-0.39, 0.29) is 30.0 Å². The van der Waals surface area contributed by atoms with Crippen molar-refractivity contribution in [3.05, 3.63) is 88.6 Å². The molecule has 8 heteroatoms. The summed E-state index contributed by atoms with van der Waals surface area (Å²) in [5, 5.41) is 2.92. The van der Waals surface area contributed by atoms with Crippen molar-refractivity contribution in [3.63, 3.8) is 0 Å². The predicted octanol–water partition coefficient (Wildman–Crippen LogP) is 5.34. The number of amides is 2. The molecule has 2 aromatic carbocycles. The molecule has 1 N–H and O–H groups in total. The van der Waals surface area contributed by atoms with Crippen LogP contribution in [0.4, 0.5) is 4.39 Å². The molecular formula is C32H38FN3O4. The number of nitrogens with one attached hydrogen (secondary N) is 1. The first kappa shape index (κ1) is 27.9. The van der Waals surface area contributed by atoms with Crippen LogP contribution < -0.4 is 10.1 Å². The Kier molecular flexibility index (Phi) is 8.26. The first-order chi connectivity index (χ1) is 19.2. The highest BCUT2D eigenvalue weighted by molar-refractivity contribution is 5.91. The van der Waals surface area contributed by atoms with Gasteiger partial charge in [0, 0.05) is 25.0 Å². The van der Waals surface area contributed by atoms with Gasteiger partial charge in [-0.1, -0.05) is 39.0 Å². The van der Waals surface area contributed by atoms with E-state index in [0.29, 0.717) is 31.0 Å². The second-order valence-electron chi connectivity index (χ2n) is 11.7. The van der Waals surface area contributed by atoms with Crippen LogP contribution in [0, 0.1) is 11.2 Å². The van der Waals surface area contributed by atoms with Crippen LogP contribution in [-0.4, -0.2) is 54.3 Å². The lowest BCUT2D eigenvalue weighted by Crippen LogP contribution is -2.45. The number of rotatable bonds is 8. The molecule has 2 aliphatic heterocycles. The van der Waals surface area contributed by atoms with Gasteiger partial charge in [0.2, 0.25) is 5.91 Å². The van der Waals surface area contributed by atoms with Gasteiger partial charge in [0.1, 0.15) is 23.9 Å². The number of carbonyl (C=O) groups excluding carboxylic acids is 2. The van der Waals surface area contributed by atoms with E-state index >= 15 is 0 Å². The predicted molar refractivity (Wildman–Crippen MR) is 151 cm³/mol. The smallest absolute Gasteiger partial charge is 0.287 e. The number of hydrogen-bond acceptors (Lipinski definition) is 5. The Bertz CT molecular complexity index is 1360. The molecule has 40 heavy (non-hydrogen) atoms. The largest absolute Gasteiger partial charge is 0.486 e. The number of likely N-dealkylation sites (tertiary alicyclic amines) is 1. The minimum atomic E-state index is -0.575. The zero-order valence-corrected chi connectivity index (χ0v) is 23.5. The number of halogens is 1. The van der Waals surface area contributed by atoms with Crippen LogP contribution in [-0.2, 0) is 17.8 Å². The van der Waals surface area contributed by atoms with Crippen molar-refractivity contribution >= 4 is 11.8 Å². The minimum Gasteiger partial charge on any atom is -0.486 e. The van der Waals surface area contributed by atoms with Crippen molar-refractivity contribution in [2.45, 2.75) is 52.7 Å². The Labute approximate surface area is 235 Å². The zero-order valence-electron chi connectivity index (χ0n) is 23.5. The molecule has 7 nitrogen and oxygen atoms in total. The third-order valence-corrected chi connectivity index (χ3v) is 7.59. The summed E-state index contributed by atoms with van der Waals surface area (Å²) in [6.07, 6.45) is 3.15. The van der Waals surface area contributed by atoms with E-state index in [1.807, 2.05) is 49.9 Å². The van der Waals surface area contributed by atoms with Crippen LogP contribution in [0.2, 0.25) is 0 Å². The van der Waals surface area contributed by atoms with Gasteiger partial charge in [-0.25, -0.2) is 4.39 Å². The molecular weight excluding hydrogens is 509 g/mol. The molecule has 0 radical (unpaired) electrons. The van der Waals surface area contributed by atoms with E-state index in [2.05, 4.69) is 10.2 Å². The van der Waals surface area contributed by atoms with Crippen LogP contribution >= 0.6 is 0 Å². The molecule has 2 amide bonds. The van der Waals surface area contributed by atoms with E-state index in [0.717, 1.165) is 36.3 Å². The highest BCUT2D eigenvalue weighted by atomic mass is 19.1. The van der Waals surface area contributed by atoms with E-state index in [1.54, 1.807) is 18.2 Å². The summed E-state index contributed by atoms with van der Waals surface area (Å²) in [6, 6.07) is 15.3. The Hall–Kier alpha value is -3.65. The van der Waals surface area contributed by atoms with Crippen LogP contribution in [0.1, 0.15) is 72.7 Å². The van der Waals surface area contributed by atoms with Gasteiger partial charge < -0.3 is 24.3 Å². The molecule has 0 saturated carbocycles. The summed E-state index contributed by atoms with van der Waals surface area (Å²) in [7, 11) is 0. The molecule has 1 atom stereocenters. The van der Waals surface area contributed by atoms with E-state index < -0.39 is 11.5 Å². The van der Waals surface area contributed by atoms with Gasteiger partial charge in [-0.3, -0.25) is 9.59 Å². The average Bonchev–Trinajstić information content (AvgIpc) is 3.63. The summed E-state index contributed by atoms with van der Waals surface area (Å²) < 4.78 is 26.1. The van der Waals surface area contributed by atoms with Crippen LogP contribution in [0.3, 0.4) is 0 Å². The maximum atomic E-state index is 14.3. The van der Waals surface area contributed by atoms with E-state index in [1.165, 1.54) is 25.0 Å². The molecule has 0 spiro atoms. The molecule has 1 fully saturated rings. The lowest BCUT2D eigenvalue weighted by atomic mass is 9.85. The Balaban J connectivity index is 1.29. The Morgan fingerprint density at radius 3 is 2.60 bits per heavy atom. The van der Waals surface area contributed by atoms with Crippen molar-refractivity contribution in [2.75, 3.05) is 32.7 Å². The summed E-state index contributed by atoms with van der Waals surface area (Å²) >= 11 is 0. The molecule has 3 heterocycles. The summed E-state index contributed by atoms with van der Waals surface area (Å²) in [5.41, 5.74) is 2.17. The Morgan fingerprint density at radius 1 is 1.05 bits per heavy atom. The van der Waals surface area contributed by atoms with Crippen molar-refractivity contribution < 1.29 is 23.1 Å². The number of ether oxygens (including phenoxy) is 1. The number of nitrogens with zero attached hydrogens (tertiary/aromatic N) is 2. The molecule has 0 bridgehead atoms. The lowest BCUT2D eigenvalue weighted by Gasteiger charge is -2.41. The third-order valence-electron chi connectivity index (χ3n) is 7.59. The number of fused-ring (bicyclic) bond motifs is 1. The molecule has 0 unspecified atom stereocenters. The Morgan fingerprint density at radius 2 is 1.85 bits per heavy atom. The zero-order chi connectivity index (χ0) is 28.3. The van der Waals surface area contributed by atoms with Crippen molar-refractivity contribution in [3.8, 4) is 5.75 Å². The lowest BCUT2D eigenvalue weighted by molar-refractivity contribution is -0.141. The number of furan rings is 1. The van der Waals surface area contributed by atoms with Gasteiger partial charge >= 0.3 is 0 Å². The maximum absolute atomic E-state index is 14.3. The fourth-order valence-electron chi connectivity index (χ4n) is 5.52. The van der Waals surface area contributed by atoms with Crippen molar-refractivity contribution in [2.24, 2.45) is 5.41 Å². The highest BCUT2D eigenvalue weighted by Gasteiger charge is 2.37. The first-order valence-corrected chi connectivity index (χ1v) is 14.1. The van der Waals surface area contributed by atoms with Crippen LogP contribution in [0.15, 0.2) is 59.0 Å². The number of benzene rings is 2. The quantitative estimate of drug-likeness (QED) is 0.412. The van der Waals surface area contributed by atoms with Crippen LogP contribution in [0.5, 0.6) is 5.75 Å². The minimum absolute atomic E-state index is 0.0144. The summed E-state index contributed by atoms with van der Waals surface area (Å²) in [6.45, 7) is 10.0. The maximum Gasteiger partial charge on any atom is 0.287 e. The monoisotopic (exact) mass is 547 g/mol. The van der Waals surface area contributed by atoms with Gasteiger partial charge in [-0.2, -0.15) is 0 Å². The molecule has 1 aromatic heterocycles. The van der Waals surface area contributed by atoms with Crippen LogP contribution in [0.25, 0.3) is 0 Å². The van der Waals surface area contributed by atoms with Gasteiger partial charge in [-0.05, 0) is 85.4 Å². The molecule has 0 aliphatic carbocycles. The highest BCUT2D eigenvalue weighted by Crippen LogP contribution is 2.39. The molecule has 212 valence electrons.